The van der Waals surface area contributed by atoms with Crippen LogP contribution in [0.4, 0.5) is 32.2 Å². The van der Waals surface area contributed by atoms with Gasteiger partial charge in [0.25, 0.3) is 0 Å². The molecule has 1 aromatic carbocycles. The molecule has 0 fully saturated rings. The molecule has 1 heterocycles. The number of nitrogens with zero attached hydrogens (tertiary/aromatic N) is 2. The second-order valence-electron chi connectivity index (χ2n) is 4.84. The van der Waals surface area contributed by atoms with Crippen molar-refractivity contribution in [2.24, 2.45) is 0 Å². The molecule has 0 aliphatic rings. The number of hydrogen-bond acceptors (Lipinski definition) is 4. The van der Waals surface area contributed by atoms with Crippen molar-refractivity contribution in [1.82, 2.24) is 9.78 Å². The lowest BCUT2D eigenvalue weighted by Crippen LogP contribution is -2.14. The molecule has 0 saturated carbocycles. The Kier molecular flexibility index (Phi) is 4.69. The van der Waals surface area contributed by atoms with Crippen LogP contribution in [-0.2, 0) is 17.1 Å². The molecule has 0 amide bonds. The van der Waals surface area contributed by atoms with E-state index in [0.29, 0.717) is 16.8 Å². The molecule has 2 N–H and O–H groups in total. The van der Waals surface area contributed by atoms with Crippen LogP contribution in [0.3, 0.4) is 0 Å². The highest BCUT2D eigenvalue weighted by Gasteiger charge is 2.37. The number of anilines is 1. The van der Waals surface area contributed by atoms with Gasteiger partial charge in [0.05, 0.1) is 29.6 Å². The van der Waals surface area contributed by atoms with Crippen molar-refractivity contribution in [3.63, 3.8) is 0 Å². The monoisotopic (exact) mass is 367 g/mol. The zero-order valence-corrected chi connectivity index (χ0v) is 12.6. The van der Waals surface area contributed by atoms with Gasteiger partial charge in [0, 0.05) is 0 Å². The first-order chi connectivity index (χ1) is 11.4. The van der Waals surface area contributed by atoms with E-state index in [1.54, 1.807) is 0 Å². The number of carbonyl (C=O) groups excluding carboxylic acids is 1. The van der Waals surface area contributed by atoms with E-state index in [-0.39, 0.29) is 18.2 Å². The lowest BCUT2D eigenvalue weighted by atomic mass is 10.1. The highest BCUT2D eigenvalue weighted by Crippen LogP contribution is 2.37. The molecule has 136 valence electrons. The Hall–Kier alpha value is -2.72. The number of nitrogen functional groups attached to an aromatic ring is 1. The molecule has 0 aliphatic carbocycles. The standard InChI is InChI=1S/C14H11F6N3O2/c1-2-25-12(24)10-6-22-23(11(10)21)9-4-7(13(15,16)17)3-8(5-9)14(18,19)20/h3-6H,2,21H2,1H3. The number of aromatic nitrogens is 2. The van der Waals surface area contributed by atoms with E-state index < -0.39 is 41.0 Å². The SMILES string of the molecule is CCOC(=O)c1cnn(-c2cc(C(F)(F)F)cc(C(F)(F)F)c2)c1N. The van der Waals surface area contributed by atoms with Gasteiger partial charge in [-0.05, 0) is 25.1 Å². The smallest absolute Gasteiger partial charge is 0.416 e. The summed E-state index contributed by atoms with van der Waals surface area (Å²) < 4.78 is 82.6. The first kappa shape index (κ1) is 18.6. The normalized spacial score (nSPS) is 12.3. The first-order valence-electron chi connectivity index (χ1n) is 6.75. The average Bonchev–Trinajstić information content (AvgIpc) is 2.87. The van der Waals surface area contributed by atoms with Crippen LogP contribution >= 0.6 is 0 Å². The number of nitrogens with two attached hydrogens (primary N) is 1. The molecular formula is C14H11F6N3O2. The van der Waals surface area contributed by atoms with E-state index in [4.69, 9.17) is 5.73 Å². The van der Waals surface area contributed by atoms with Crippen molar-refractivity contribution in [2.75, 3.05) is 12.3 Å². The van der Waals surface area contributed by atoms with Crippen LogP contribution in [-0.4, -0.2) is 22.4 Å². The van der Waals surface area contributed by atoms with Gasteiger partial charge in [-0.25, -0.2) is 9.48 Å². The highest BCUT2D eigenvalue weighted by atomic mass is 19.4. The minimum absolute atomic E-state index is 0.00519. The molecule has 0 radical (unpaired) electrons. The number of ether oxygens (including phenoxy) is 1. The Bertz CT molecular complexity index is 763. The van der Waals surface area contributed by atoms with Crippen LogP contribution in [0.25, 0.3) is 5.69 Å². The largest absolute Gasteiger partial charge is 0.462 e. The van der Waals surface area contributed by atoms with Crippen LogP contribution in [0.15, 0.2) is 24.4 Å². The van der Waals surface area contributed by atoms with Crippen molar-refractivity contribution < 1.29 is 35.9 Å². The van der Waals surface area contributed by atoms with E-state index in [0.717, 1.165) is 6.20 Å². The molecule has 1 aromatic heterocycles. The maximum atomic E-state index is 12.9. The summed E-state index contributed by atoms with van der Waals surface area (Å²) in [6.07, 6.45) is -9.12. The Balaban J connectivity index is 2.61. The van der Waals surface area contributed by atoms with Crippen molar-refractivity contribution in [1.29, 1.82) is 0 Å². The number of rotatable bonds is 3. The minimum Gasteiger partial charge on any atom is -0.462 e. The third-order valence-corrected chi connectivity index (χ3v) is 3.12. The van der Waals surface area contributed by atoms with Gasteiger partial charge in [0.15, 0.2) is 0 Å². The van der Waals surface area contributed by atoms with Gasteiger partial charge in [-0.1, -0.05) is 0 Å². The van der Waals surface area contributed by atoms with Gasteiger partial charge in [0.2, 0.25) is 0 Å². The zero-order chi connectivity index (χ0) is 19.0. The molecular weight excluding hydrogens is 356 g/mol. The van der Waals surface area contributed by atoms with Crippen LogP contribution in [0.5, 0.6) is 0 Å². The van der Waals surface area contributed by atoms with Gasteiger partial charge < -0.3 is 10.5 Å². The van der Waals surface area contributed by atoms with Crippen LogP contribution in [0.2, 0.25) is 0 Å². The fraction of sp³-hybridized carbons (Fsp3) is 0.286. The molecule has 0 atom stereocenters. The summed E-state index contributed by atoms with van der Waals surface area (Å²) >= 11 is 0. The molecule has 5 nitrogen and oxygen atoms in total. The summed E-state index contributed by atoms with van der Waals surface area (Å²) in [7, 11) is 0. The predicted octanol–water partition coefficient (Wildman–Crippen LogP) is 3.67. The summed E-state index contributed by atoms with van der Waals surface area (Å²) in [4.78, 5) is 11.6. The molecule has 2 rings (SSSR count). The van der Waals surface area contributed by atoms with Crippen molar-refractivity contribution >= 4 is 11.8 Å². The predicted molar refractivity (Wildman–Crippen MR) is 73.9 cm³/mol. The topological polar surface area (TPSA) is 70.1 Å². The van der Waals surface area contributed by atoms with E-state index in [1.165, 1.54) is 6.92 Å². The number of benzene rings is 1. The summed E-state index contributed by atoms with van der Waals surface area (Å²) in [5.74, 6) is -1.33. The lowest BCUT2D eigenvalue weighted by Gasteiger charge is -2.14. The molecule has 25 heavy (non-hydrogen) atoms. The molecule has 0 aliphatic heterocycles. The van der Waals surface area contributed by atoms with Crippen LogP contribution < -0.4 is 5.73 Å². The second-order valence-corrected chi connectivity index (χ2v) is 4.84. The van der Waals surface area contributed by atoms with Crippen molar-refractivity contribution in [2.45, 2.75) is 19.3 Å². The molecule has 0 bridgehead atoms. The average molecular weight is 367 g/mol. The van der Waals surface area contributed by atoms with Gasteiger partial charge in [-0.2, -0.15) is 31.4 Å². The van der Waals surface area contributed by atoms with Gasteiger partial charge in [-0.3, -0.25) is 0 Å². The minimum atomic E-state index is -5.01. The Morgan fingerprint density at radius 3 is 2.08 bits per heavy atom. The maximum Gasteiger partial charge on any atom is 0.416 e. The van der Waals surface area contributed by atoms with Crippen molar-refractivity contribution in [3.8, 4) is 5.69 Å². The Morgan fingerprint density at radius 1 is 1.12 bits per heavy atom. The van der Waals surface area contributed by atoms with E-state index >= 15 is 0 Å². The number of esters is 1. The molecule has 0 unspecified atom stereocenters. The quantitative estimate of drug-likeness (QED) is 0.664. The Labute approximate surface area is 137 Å². The molecule has 11 heteroatoms. The number of hydrogen-bond donors (Lipinski definition) is 1. The lowest BCUT2D eigenvalue weighted by molar-refractivity contribution is -0.143. The van der Waals surface area contributed by atoms with Gasteiger partial charge in [0.1, 0.15) is 11.4 Å². The van der Waals surface area contributed by atoms with Crippen LogP contribution in [0, 0.1) is 0 Å². The second kappa shape index (κ2) is 6.30. The summed E-state index contributed by atoms with van der Waals surface area (Å²) in [5, 5.41) is 3.59. The fourth-order valence-electron chi connectivity index (χ4n) is 1.99. The maximum absolute atomic E-state index is 12.9. The van der Waals surface area contributed by atoms with Gasteiger partial charge >= 0.3 is 18.3 Å². The van der Waals surface area contributed by atoms with E-state index in [2.05, 4.69) is 9.84 Å². The number of halogens is 6. The first-order valence-corrected chi connectivity index (χ1v) is 6.75. The highest BCUT2D eigenvalue weighted by molar-refractivity contribution is 5.94. The molecule has 0 spiro atoms. The third-order valence-electron chi connectivity index (χ3n) is 3.12. The summed E-state index contributed by atoms with van der Waals surface area (Å²) in [6.45, 7) is 1.52. The molecule has 0 saturated heterocycles. The fourth-order valence-corrected chi connectivity index (χ4v) is 1.99. The van der Waals surface area contributed by atoms with E-state index in [9.17, 15) is 31.1 Å². The van der Waals surface area contributed by atoms with E-state index in [1.807, 2.05) is 0 Å². The summed E-state index contributed by atoms with van der Waals surface area (Å²) in [6, 6.07) is 0.885. The Morgan fingerprint density at radius 2 is 1.64 bits per heavy atom. The third kappa shape index (κ3) is 3.86. The van der Waals surface area contributed by atoms with Crippen LogP contribution in [0.1, 0.15) is 28.4 Å². The number of carbonyl (C=O) groups is 1. The van der Waals surface area contributed by atoms with Gasteiger partial charge in [-0.15, -0.1) is 0 Å². The summed E-state index contributed by atoms with van der Waals surface area (Å²) in [5.41, 5.74) is 1.72. The molecule has 2 aromatic rings. The zero-order valence-electron chi connectivity index (χ0n) is 12.6. The number of alkyl halides is 6. The van der Waals surface area contributed by atoms with Crippen molar-refractivity contribution in [3.05, 3.63) is 41.1 Å².